The molecule has 8 heteroatoms. The lowest BCUT2D eigenvalue weighted by molar-refractivity contribution is -0.130. The number of nitrogens with zero attached hydrogens (tertiary/aromatic N) is 2. The molecule has 2 aromatic carbocycles. The fourth-order valence-electron chi connectivity index (χ4n) is 3.73. The predicted octanol–water partition coefficient (Wildman–Crippen LogP) is 3.67. The highest BCUT2D eigenvalue weighted by atomic mass is 32.2. The summed E-state index contributed by atoms with van der Waals surface area (Å²) in [5.41, 5.74) is 2.36. The topological polar surface area (TPSA) is 80.8 Å². The Bertz CT molecular complexity index is 1200. The highest BCUT2D eigenvalue weighted by molar-refractivity contribution is 7.99. The Morgan fingerprint density at radius 2 is 2.03 bits per heavy atom. The molecule has 0 saturated carbocycles. The molecule has 0 aliphatic carbocycles. The summed E-state index contributed by atoms with van der Waals surface area (Å²) in [5.74, 6) is 0.913. The average Bonchev–Trinajstić information content (AvgIpc) is 2.95. The van der Waals surface area contributed by atoms with Gasteiger partial charge in [-0.25, -0.2) is 4.98 Å². The first kappa shape index (κ1) is 20.4. The molecule has 3 heterocycles. The molecule has 32 heavy (non-hydrogen) atoms. The van der Waals surface area contributed by atoms with Crippen LogP contribution in [0.4, 0.5) is 5.69 Å². The van der Waals surface area contributed by atoms with Gasteiger partial charge >= 0.3 is 0 Å². The van der Waals surface area contributed by atoms with E-state index >= 15 is 0 Å². The Morgan fingerprint density at radius 3 is 2.88 bits per heavy atom. The number of aromatic nitrogens is 1. The van der Waals surface area contributed by atoms with Crippen LogP contribution in [-0.4, -0.2) is 36.1 Å². The van der Waals surface area contributed by atoms with Gasteiger partial charge in [-0.2, -0.15) is 0 Å². The number of para-hydroxylation sites is 2. The third kappa shape index (κ3) is 3.78. The summed E-state index contributed by atoms with van der Waals surface area (Å²) in [4.78, 5) is 32.7. The van der Waals surface area contributed by atoms with Gasteiger partial charge in [0.2, 0.25) is 6.10 Å². The van der Waals surface area contributed by atoms with Gasteiger partial charge in [-0.3, -0.25) is 9.59 Å². The number of pyridine rings is 1. The number of nitrogens with one attached hydrogen (secondary N) is 1. The van der Waals surface area contributed by atoms with E-state index in [4.69, 9.17) is 9.47 Å². The molecule has 162 valence electrons. The summed E-state index contributed by atoms with van der Waals surface area (Å²) in [6.07, 6.45) is 0.985. The van der Waals surface area contributed by atoms with Crippen molar-refractivity contribution in [3.05, 3.63) is 71.9 Å². The largest absolute Gasteiger partial charge is 0.485 e. The number of fused-ring (bicyclic) bond motifs is 3. The van der Waals surface area contributed by atoms with Crippen LogP contribution < -0.4 is 19.7 Å². The molecule has 1 N–H and O–H groups in total. The molecule has 0 unspecified atom stereocenters. The highest BCUT2D eigenvalue weighted by Gasteiger charge is 2.28. The third-order valence-electron chi connectivity index (χ3n) is 5.35. The molecule has 2 amide bonds. The molecule has 0 spiro atoms. The minimum atomic E-state index is -0.704. The summed E-state index contributed by atoms with van der Waals surface area (Å²) in [6, 6.07) is 16.7. The van der Waals surface area contributed by atoms with Gasteiger partial charge in [-0.05, 0) is 48.9 Å². The lowest BCUT2D eigenvalue weighted by Gasteiger charge is -2.25. The molecule has 3 aromatic rings. The van der Waals surface area contributed by atoms with Crippen LogP contribution >= 0.6 is 11.8 Å². The van der Waals surface area contributed by atoms with Crippen molar-refractivity contribution in [2.24, 2.45) is 0 Å². The maximum atomic E-state index is 13.0. The standard InChI is InChI=1S/C24H21N3O4S/c1-2-27-17-10-9-15(12-21(17)32-23-16(24(27)29)6-5-11-25-23)13-26-22(28)20-14-30-18-7-3-4-8-19(18)31-20/h3-12,20H,2,13-14H2,1H3,(H,26,28)/t20-/m0/s1. The molecule has 0 radical (unpaired) electrons. The van der Waals surface area contributed by atoms with Crippen LogP contribution in [0.5, 0.6) is 11.5 Å². The number of rotatable bonds is 4. The summed E-state index contributed by atoms with van der Waals surface area (Å²) in [5, 5.41) is 3.61. The van der Waals surface area contributed by atoms with Crippen molar-refractivity contribution in [1.29, 1.82) is 0 Å². The van der Waals surface area contributed by atoms with Crippen LogP contribution in [0.1, 0.15) is 22.8 Å². The molecule has 0 bridgehead atoms. The second-order valence-corrected chi connectivity index (χ2v) is 8.42. The van der Waals surface area contributed by atoms with Crippen LogP contribution in [0.25, 0.3) is 0 Å². The highest BCUT2D eigenvalue weighted by Crippen LogP contribution is 2.40. The van der Waals surface area contributed by atoms with Gasteiger partial charge in [0.25, 0.3) is 11.8 Å². The van der Waals surface area contributed by atoms with Crippen LogP contribution in [0.3, 0.4) is 0 Å². The first-order chi connectivity index (χ1) is 15.6. The van der Waals surface area contributed by atoms with Crippen molar-refractivity contribution < 1.29 is 19.1 Å². The first-order valence-electron chi connectivity index (χ1n) is 10.4. The molecule has 2 aliphatic heterocycles. The van der Waals surface area contributed by atoms with E-state index in [2.05, 4.69) is 10.3 Å². The summed E-state index contributed by atoms with van der Waals surface area (Å²) in [6.45, 7) is 3.01. The summed E-state index contributed by atoms with van der Waals surface area (Å²) < 4.78 is 11.4. The number of benzene rings is 2. The molecule has 5 rings (SSSR count). The molecule has 0 saturated heterocycles. The third-order valence-corrected chi connectivity index (χ3v) is 6.42. The number of hydrogen-bond acceptors (Lipinski definition) is 6. The average molecular weight is 448 g/mol. The zero-order valence-corrected chi connectivity index (χ0v) is 18.2. The van der Waals surface area contributed by atoms with E-state index in [1.807, 2.05) is 43.3 Å². The Balaban J connectivity index is 1.32. The normalized spacial score (nSPS) is 16.6. The quantitative estimate of drug-likeness (QED) is 0.657. The van der Waals surface area contributed by atoms with E-state index in [-0.39, 0.29) is 18.4 Å². The van der Waals surface area contributed by atoms with E-state index in [1.54, 1.807) is 29.3 Å². The van der Waals surface area contributed by atoms with Gasteiger partial charge in [-0.15, -0.1) is 0 Å². The van der Waals surface area contributed by atoms with Gasteiger partial charge in [0.05, 0.1) is 11.3 Å². The zero-order valence-electron chi connectivity index (χ0n) is 17.4. The second kappa shape index (κ2) is 8.55. The zero-order chi connectivity index (χ0) is 22.1. The van der Waals surface area contributed by atoms with Crippen molar-refractivity contribution in [2.75, 3.05) is 18.1 Å². The van der Waals surface area contributed by atoms with Crippen molar-refractivity contribution in [3.63, 3.8) is 0 Å². The second-order valence-electron chi connectivity index (χ2n) is 7.39. The molecular weight excluding hydrogens is 426 g/mol. The van der Waals surface area contributed by atoms with Crippen molar-refractivity contribution in [3.8, 4) is 11.5 Å². The van der Waals surface area contributed by atoms with Crippen LogP contribution in [0.2, 0.25) is 0 Å². The van der Waals surface area contributed by atoms with Crippen molar-refractivity contribution >= 4 is 29.3 Å². The van der Waals surface area contributed by atoms with E-state index < -0.39 is 6.10 Å². The van der Waals surface area contributed by atoms with E-state index in [0.29, 0.717) is 35.2 Å². The van der Waals surface area contributed by atoms with Gasteiger partial charge < -0.3 is 19.7 Å². The molecule has 0 fully saturated rings. The molecular formula is C24H21N3O4S. The van der Waals surface area contributed by atoms with Crippen LogP contribution in [0, 0.1) is 0 Å². The summed E-state index contributed by atoms with van der Waals surface area (Å²) >= 11 is 1.46. The molecule has 2 aliphatic rings. The maximum absolute atomic E-state index is 13.0. The van der Waals surface area contributed by atoms with E-state index in [1.165, 1.54) is 11.8 Å². The number of carbonyl (C=O) groups is 2. The molecule has 7 nitrogen and oxygen atoms in total. The Labute approximate surface area is 189 Å². The van der Waals surface area contributed by atoms with Crippen LogP contribution in [0.15, 0.2) is 70.7 Å². The fraction of sp³-hybridized carbons (Fsp3) is 0.208. The fourth-order valence-corrected chi connectivity index (χ4v) is 4.81. The van der Waals surface area contributed by atoms with Crippen molar-refractivity contribution in [1.82, 2.24) is 10.3 Å². The smallest absolute Gasteiger partial charge is 0.264 e. The predicted molar refractivity (Wildman–Crippen MR) is 120 cm³/mol. The Kier molecular flexibility index (Phi) is 5.45. The number of ether oxygens (including phenoxy) is 2. The van der Waals surface area contributed by atoms with Gasteiger partial charge in [0.15, 0.2) is 11.5 Å². The SMILES string of the molecule is CCN1C(=O)c2cccnc2Sc2cc(CNC(=O)[C@@H]3COc4ccccc4O3)ccc21. The monoisotopic (exact) mass is 447 g/mol. The van der Waals surface area contributed by atoms with E-state index in [9.17, 15) is 9.59 Å². The van der Waals surface area contributed by atoms with Crippen molar-refractivity contribution in [2.45, 2.75) is 29.5 Å². The number of carbonyl (C=O) groups excluding carboxylic acids is 2. The lowest BCUT2D eigenvalue weighted by atomic mass is 10.1. The maximum Gasteiger partial charge on any atom is 0.264 e. The minimum absolute atomic E-state index is 0.0577. The Hall–Kier alpha value is -3.52. The number of hydrogen-bond donors (Lipinski definition) is 1. The number of anilines is 1. The Morgan fingerprint density at radius 1 is 1.19 bits per heavy atom. The van der Waals surface area contributed by atoms with Gasteiger partial charge in [0.1, 0.15) is 11.6 Å². The van der Waals surface area contributed by atoms with Gasteiger partial charge in [0, 0.05) is 24.2 Å². The number of amides is 2. The summed E-state index contributed by atoms with van der Waals surface area (Å²) in [7, 11) is 0. The van der Waals surface area contributed by atoms with Crippen LogP contribution in [-0.2, 0) is 11.3 Å². The molecule has 1 aromatic heterocycles. The minimum Gasteiger partial charge on any atom is -0.485 e. The first-order valence-corrected chi connectivity index (χ1v) is 11.2. The van der Waals surface area contributed by atoms with Gasteiger partial charge in [-0.1, -0.05) is 30.0 Å². The lowest BCUT2D eigenvalue weighted by Crippen LogP contribution is -2.43. The molecule has 1 atom stereocenters. The van der Waals surface area contributed by atoms with E-state index in [0.717, 1.165) is 16.1 Å².